The molecule has 2 aromatic heterocycles. The fourth-order valence-corrected chi connectivity index (χ4v) is 7.13. The molecule has 2 aliphatic rings. The summed E-state index contributed by atoms with van der Waals surface area (Å²) in [6, 6.07) is 22.9. The van der Waals surface area contributed by atoms with E-state index >= 15 is 0 Å². The number of nitrogens with zero attached hydrogens (tertiary/aromatic N) is 6. The summed E-state index contributed by atoms with van der Waals surface area (Å²) in [5.41, 5.74) is 3.53. The molecule has 2 N–H and O–H groups in total. The number of amides is 1. The number of carbonyl (C=O) groups excluding carboxylic acids is 1. The van der Waals surface area contributed by atoms with Crippen molar-refractivity contribution in [3.05, 3.63) is 84.2 Å². The van der Waals surface area contributed by atoms with Gasteiger partial charge < -0.3 is 25.2 Å². The molecule has 46 heavy (non-hydrogen) atoms. The maximum Gasteiger partial charge on any atom is 0.223 e. The molecular formula is C35H46N8O2S. The van der Waals surface area contributed by atoms with Crippen LogP contribution in [-0.2, 0) is 17.9 Å². The molecule has 2 saturated heterocycles. The highest BCUT2D eigenvalue weighted by molar-refractivity contribution is 7.17. The number of rotatable bonds is 14. The summed E-state index contributed by atoms with van der Waals surface area (Å²) in [5, 5.41) is 17.5. The number of anilines is 2. The van der Waals surface area contributed by atoms with Crippen LogP contribution in [0, 0.1) is 5.92 Å². The van der Waals surface area contributed by atoms with Gasteiger partial charge in [0.15, 0.2) is 0 Å². The maximum atomic E-state index is 12.9. The Morgan fingerprint density at radius 3 is 2.39 bits per heavy atom. The van der Waals surface area contributed by atoms with Gasteiger partial charge in [-0.1, -0.05) is 41.7 Å². The van der Waals surface area contributed by atoms with Gasteiger partial charge >= 0.3 is 0 Å². The van der Waals surface area contributed by atoms with E-state index in [0.717, 1.165) is 106 Å². The second kappa shape index (κ2) is 16.1. The Labute approximate surface area is 276 Å². The molecule has 2 fully saturated rings. The summed E-state index contributed by atoms with van der Waals surface area (Å²) in [6.45, 7) is 12.2. The highest BCUT2D eigenvalue weighted by Crippen LogP contribution is 2.29. The summed E-state index contributed by atoms with van der Waals surface area (Å²) >= 11 is 1.59. The third-order valence-electron chi connectivity index (χ3n) is 8.88. The Kier molecular flexibility index (Phi) is 11.2. The van der Waals surface area contributed by atoms with E-state index in [-0.39, 0.29) is 11.8 Å². The zero-order valence-corrected chi connectivity index (χ0v) is 27.6. The zero-order valence-electron chi connectivity index (χ0n) is 26.8. The van der Waals surface area contributed by atoms with Crippen LogP contribution in [0.1, 0.15) is 37.4 Å². The molecule has 0 bridgehead atoms. The Hall–Kier alpha value is -3.93. The molecule has 10 nitrogen and oxygen atoms in total. The van der Waals surface area contributed by atoms with E-state index in [1.165, 1.54) is 5.56 Å². The third kappa shape index (κ3) is 8.65. The lowest BCUT2D eigenvalue weighted by molar-refractivity contribution is -0.125. The van der Waals surface area contributed by atoms with Crippen LogP contribution in [0.4, 0.5) is 10.8 Å². The number of aromatic nitrogens is 3. The predicted octanol–water partition coefficient (Wildman–Crippen LogP) is 4.88. The highest BCUT2D eigenvalue weighted by Gasteiger charge is 2.27. The normalized spacial score (nSPS) is 16.4. The van der Waals surface area contributed by atoms with Gasteiger partial charge in [0.25, 0.3) is 0 Å². The van der Waals surface area contributed by atoms with Gasteiger partial charge in [-0.3, -0.25) is 14.3 Å². The second-order valence-electron chi connectivity index (χ2n) is 12.1. The van der Waals surface area contributed by atoms with Gasteiger partial charge in [0, 0.05) is 75.9 Å². The van der Waals surface area contributed by atoms with Gasteiger partial charge in [-0.2, -0.15) is 0 Å². The van der Waals surface area contributed by atoms with Crippen LogP contribution in [0.2, 0.25) is 0 Å². The van der Waals surface area contributed by atoms with E-state index < -0.39 is 0 Å². The van der Waals surface area contributed by atoms with Crippen molar-refractivity contribution >= 4 is 28.1 Å². The highest BCUT2D eigenvalue weighted by atomic mass is 32.1. The van der Waals surface area contributed by atoms with E-state index in [9.17, 15) is 4.79 Å². The van der Waals surface area contributed by atoms with Crippen molar-refractivity contribution in [2.24, 2.45) is 5.92 Å². The first kappa shape index (κ1) is 32.0. The molecule has 0 aliphatic carbocycles. The van der Waals surface area contributed by atoms with Gasteiger partial charge in [0.1, 0.15) is 5.75 Å². The van der Waals surface area contributed by atoms with Gasteiger partial charge in [0.05, 0.1) is 13.2 Å². The molecular weight excluding hydrogens is 597 g/mol. The van der Waals surface area contributed by atoms with Crippen LogP contribution in [0.25, 0.3) is 5.13 Å². The molecule has 0 spiro atoms. The summed E-state index contributed by atoms with van der Waals surface area (Å²) in [5.74, 6) is 1.13. The minimum absolute atomic E-state index is 0.0647. The quantitative estimate of drug-likeness (QED) is 0.188. The number of piperazine rings is 1. The first-order chi connectivity index (χ1) is 22.6. The molecule has 0 saturated carbocycles. The van der Waals surface area contributed by atoms with Crippen LogP contribution in [0.5, 0.6) is 5.75 Å². The van der Waals surface area contributed by atoms with Gasteiger partial charge in [-0.15, -0.1) is 10.2 Å². The van der Waals surface area contributed by atoms with Crippen molar-refractivity contribution < 1.29 is 9.53 Å². The van der Waals surface area contributed by atoms with Crippen LogP contribution in [0.15, 0.2) is 72.9 Å². The van der Waals surface area contributed by atoms with E-state index in [0.29, 0.717) is 13.2 Å². The summed E-state index contributed by atoms with van der Waals surface area (Å²) in [7, 11) is 0. The molecule has 4 heterocycles. The first-order valence-corrected chi connectivity index (χ1v) is 17.4. The number of piperidine rings is 1. The SMILES string of the molecule is CCOc1ccc(NCc2cccn2-c2nnc(N3CCC(C(=O)NCCCN4CCN(Cc5ccccc5)CC4)CC3)s2)cc1. The third-order valence-corrected chi connectivity index (χ3v) is 9.87. The average Bonchev–Trinajstić information content (AvgIpc) is 3.78. The molecule has 2 aromatic carbocycles. The zero-order chi connectivity index (χ0) is 31.6. The molecule has 1 amide bonds. The Morgan fingerprint density at radius 2 is 1.63 bits per heavy atom. The number of carbonyl (C=O) groups is 1. The fraction of sp³-hybridized carbons (Fsp3) is 0.457. The van der Waals surface area contributed by atoms with E-state index in [4.69, 9.17) is 4.74 Å². The number of hydrogen-bond donors (Lipinski definition) is 2. The lowest BCUT2D eigenvalue weighted by Crippen LogP contribution is -2.46. The molecule has 0 radical (unpaired) electrons. The van der Waals surface area contributed by atoms with Gasteiger partial charge in [-0.25, -0.2) is 0 Å². The lowest BCUT2D eigenvalue weighted by atomic mass is 9.96. The topological polar surface area (TPSA) is 90.8 Å². The minimum atomic E-state index is 0.0647. The molecule has 244 valence electrons. The summed E-state index contributed by atoms with van der Waals surface area (Å²) < 4.78 is 7.63. The maximum absolute atomic E-state index is 12.9. The van der Waals surface area contributed by atoms with Crippen LogP contribution in [-0.4, -0.2) is 89.4 Å². The smallest absolute Gasteiger partial charge is 0.223 e. The van der Waals surface area contributed by atoms with Gasteiger partial charge in [0.2, 0.25) is 16.2 Å². The first-order valence-electron chi connectivity index (χ1n) is 16.6. The van der Waals surface area contributed by atoms with E-state index in [1.54, 1.807) is 11.3 Å². The fourth-order valence-electron chi connectivity index (χ4n) is 6.21. The van der Waals surface area contributed by atoms with Crippen LogP contribution < -0.4 is 20.3 Å². The number of ether oxygens (including phenoxy) is 1. The molecule has 4 aromatic rings. The van der Waals surface area contributed by atoms with E-state index in [1.807, 2.05) is 43.5 Å². The van der Waals surface area contributed by atoms with E-state index in [2.05, 4.69) is 76.5 Å². The molecule has 2 aliphatic heterocycles. The monoisotopic (exact) mass is 642 g/mol. The summed E-state index contributed by atoms with van der Waals surface area (Å²) in [6.07, 6.45) is 4.70. The Balaban J connectivity index is 0.885. The van der Waals surface area contributed by atoms with Crippen LogP contribution >= 0.6 is 11.3 Å². The van der Waals surface area contributed by atoms with Crippen molar-refractivity contribution in [1.82, 2.24) is 29.9 Å². The number of nitrogens with one attached hydrogen (secondary N) is 2. The summed E-state index contributed by atoms with van der Waals surface area (Å²) in [4.78, 5) is 20.2. The van der Waals surface area contributed by atoms with Gasteiger partial charge in [-0.05, 0) is 74.7 Å². The predicted molar refractivity (Wildman–Crippen MR) is 185 cm³/mol. The van der Waals surface area contributed by atoms with Crippen molar-refractivity contribution in [2.75, 3.05) is 69.2 Å². The Bertz CT molecular complexity index is 1490. The standard InChI is InChI=1S/C35H46N8O2S/c1-2-45-32-13-11-30(12-14-32)37-26-31-10-6-19-43(31)35-39-38-34(46-35)42-20-15-29(16-21-42)33(44)36-17-7-18-40-22-24-41(25-23-40)27-28-8-4-3-5-9-28/h3-6,8-14,19,29,37H,2,7,15-18,20-27H2,1H3,(H,36,44). The van der Waals surface area contributed by atoms with Crippen molar-refractivity contribution in [1.29, 1.82) is 0 Å². The number of benzene rings is 2. The lowest BCUT2D eigenvalue weighted by Gasteiger charge is -2.34. The van der Waals surface area contributed by atoms with Crippen molar-refractivity contribution in [3.63, 3.8) is 0 Å². The molecule has 0 unspecified atom stereocenters. The minimum Gasteiger partial charge on any atom is -0.494 e. The van der Waals surface area contributed by atoms with Crippen molar-refractivity contribution in [2.45, 2.75) is 39.3 Å². The largest absolute Gasteiger partial charge is 0.494 e. The molecule has 11 heteroatoms. The molecule has 6 rings (SSSR count). The second-order valence-corrected chi connectivity index (χ2v) is 13.0. The van der Waals surface area contributed by atoms with Crippen LogP contribution in [0.3, 0.4) is 0 Å². The van der Waals surface area contributed by atoms with Crippen molar-refractivity contribution in [3.8, 4) is 10.9 Å². The number of hydrogen-bond acceptors (Lipinski definition) is 9. The molecule has 0 atom stereocenters. The Morgan fingerprint density at radius 1 is 0.891 bits per heavy atom. The average molecular weight is 643 g/mol.